The summed E-state index contributed by atoms with van der Waals surface area (Å²) in [5.74, 6) is -0.174. The van der Waals surface area contributed by atoms with Crippen LogP contribution in [0.25, 0.3) is 0 Å². The number of allylic oxidation sites excluding steroid dienone is 1. The molecule has 2 aromatic rings. The molecule has 2 rings (SSSR count). The van der Waals surface area contributed by atoms with Gasteiger partial charge in [-0.1, -0.05) is 65.6 Å². The molecule has 0 unspecified atom stereocenters. The number of aryl methyl sites for hydroxylation is 1. The number of benzene rings is 2. The lowest BCUT2D eigenvalue weighted by atomic mass is 10.0. The van der Waals surface area contributed by atoms with Crippen LogP contribution in [-0.2, 0) is 12.8 Å². The van der Waals surface area contributed by atoms with E-state index in [0.29, 0.717) is 6.54 Å². The zero-order valence-corrected chi connectivity index (χ0v) is 25.2. The number of anilines is 1. The van der Waals surface area contributed by atoms with Gasteiger partial charge in [0.25, 0.3) is 0 Å². The summed E-state index contributed by atoms with van der Waals surface area (Å²) < 4.78 is 13.6. The fourth-order valence-corrected chi connectivity index (χ4v) is 3.70. The quantitative estimate of drug-likeness (QED) is 0.175. The van der Waals surface area contributed by atoms with Crippen LogP contribution >= 0.6 is 0 Å². The van der Waals surface area contributed by atoms with Crippen LogP contribution in [0.3, 0.4) is 0 Å². The molecule has 0 radical (unpaired) electrons. The molecule has 0 bridgehead atoms. The maximum absolute atomic E-state index is 13.6. The summed E-state index contributed by atoms with van der Waals surface area (Å²) >= 11 is 0. The van der Waals surface area contributed by atoms with Crippen molar-refractivity contribution < 1.29 is 4.39 Å². The minimum absolute atomic E-state index is 0.174. The minimum Gasteiger partial charge on any atom is -0.405 e. The van der Waals surface area contributed by atoms with Gasteiger partial charge in [0.2, 0.25) is 0 Å². The maximum Gasteiger partial charge on any atom is 0.123 e. The normalized spacial score (nSPS) is 10.4. The number of aliphatic imine (C=N–C) groups is 1. The van der Waals surface area contributed by atoms with Gasteiger partial charge in [-0.05, 0) is 92.9 Å². The third kappa shape index (κ3) is 15.6. The Labute approximate surface area is 237 Å². The SMILES string of the molecule is C=C(C)N=C(CC)c1cccc(NCC(=C)N(C)CCc2cc(F)ccc2CC)c1.C=CN.CCCNCC. The third-order valence-corrected chi connectivity index (χ3v) is 5.84. The molecule has 0 saturated carbocycles. The molecular weight excluding hydrogens is 485 g/mol. The largest absolute Gasteiger partial charge is 0.405 e. The molecule has 4 N–H and O–H groups in total. The van der Waals surface area contributed by atoms with Crippen LogP contribution in [0.2, 0.25) is 0 Å². The van der Waals surface area contributed by atoms with Gasteiger partial charge in [0.1, 0.15) is 5.82 Å². The minimum atomic E-state index is -0.174. The lowest BCUT2D eigenvalue weighted by Gasteiger charge is -2.23. The van der Waals surface area contributed by atoms with Crippen molar-refractivity contribution in [3.05, 3.63) is 102 Å². The van der Waals surface area contributed by atoms with E-state index in [1.54, 1.807) is 6.07 Å². The van der Waals surface area contributed by atoms with Crippen LogP contribution in [0.5, 0.6) is 0 Å². The molecule has 6 heteroatoms. The summed E-state index contributed by atoms with van der Waals surface area (Å²) in [6.45, 7) is 25.3. The molecule has 0 aliphatic rings. The Morgan fingerprint density at radius 1 is 1.08 bits per heavy atom. The van der Waals surface area contributed by atoms with Gasteiger partial charge in [-0.2, -0.15) is 0 Å². The number of hydrogen-bond acceptors (Lipinski definition) is 5. The number of nitrogens with two attached hydrogens (primary N) is 1. The van der Waals surface area contributed by atoms with Gasteiger partial charge in [-0.3, -0.25) is 4.99 Å². The van der Waals surface area contributed by atoms with E-state index in [0.717, 1.165) is 72.8 Å². The molecule has 0 aliphatic heterocycles. The fourth-order valence-electron chi connectivity index (χ4n) is 3.70. The van der Waals surface area contributed by atoms with Crippen LogP contribution in [-0.4, -0.2) is 43.8 Å². The van der Waals surface area contributed by atoms with E-state index in [1.165, 1.54) is 24.3 Å². The first-order valence-electron chi connectivity index (χ1n) is 13.9. The summed E-state index contributed by atoms with van der Waals surface area (Å²) in [5.41, 5.74) is 11.8. The smallest absolute Gasteiger partial charge is 0.123 e. The molecule has 5 nitrogen and oxygen atoms in total. The van der Waals surface area contributed by atoms with Crippen molar-refractivity contribution in [2.24, 2.45) is 10.7 Å². The summed E-state index contributed by atoms with van der Waals surface area (Å²) in [4.78, 5) is 6.67. The topological polar surface area (TPSA) is 65.7 Å². The Morgan fingerprint density at radius 2 is 1.77 bits per heavy atom. The van der Waals surface area contributed by atoms with Crippen molar-refractivity contribution in [2.75, 3.05) is 38.5 Å². The van der Waals surface area contributed by atoms with Crippen LogP contribution < -0.4 is 16.4 Å². The van der Waals surface area contributed by atoms with E-state index in [1.807, 2.05) is 32.2 Å². The van der Waals surface area contributed by atoms with Crippen LogP contribution in [0.15, 0.2) is 84.8 Å². The first-order valence-corrected chi connectivity index (χ1v) is 13.9. The Kier molecular flexibility index (Phi) is 19.7. The predicted octanol–water partition coefficient (Wildman–Crippen LogP) is 7.32. The van der Waals surface area contributed by atoms with Crippen LogP contribution in [0.1, 0.15) is 64.2 Å². The maximum atomic E-state index is 13.6. The van der Waals surface area contributed by atoms with E-state index in [-0.39, 0.29) is 5.82 Å². The second-order valence-corrected chi connectivity index (χ2v) is 9.18. The van der Waals surface area contributed by atoms with E-state index in [2.05, 4.69) is 85.8 Å². The fraction of sp³-hybridized carbons (Fsp3) is 0.424. The number of rotatable bonds is 14. The first-order chi connectivity index (χ1) is 18.7. The molecule has 0 aliphatic carbocycles. The number of nitrogens with zero attached hydrogens (tertiary/aromatic N) is 2. The monoisotopic (exact) mass is 537 g/mol. The number of likely N-dealkylation sites (N-methyl/N-ethyl adjacent to an activating group) is 1. The highest BCUT2D eigenvalue weighted by atomic mass is 19.1. The summed E-state index contributed by atoms with van der Waals surface area (Å²) in [6.07, 6.45) is 5.05. The zero-order chi connectivity index (χ0) is 29.6. The second kappa shape index (κ2) is 21.5. The molecule has 0 amide bonds. The lowest BCUT2D eigenvalue weighted by Crippen LogP contribution is -2.25. The Hall–Kier alpha value is -3.38. The van der Waals surface area contributed by atoms with Crippen molar-refractivity contribution in [1.82, 2.24) is 10.2 Å². The van der Waals surface area contributed by atoms with E-state index in [4.69, 9.17) is 0 Å². The molecule has 216 valence electrons. The molecule has 0 spiro atoms. The number of nitrogens with one attached hydrogen (secondary N) is 2. The summed E-state index contributed by atoms with van der Waals surface area (Å²) in [7, 11) is 2.03. The highest BCUT2D eigenvalue weighted by molar-refractivity contribution is 6.01. The Bertz CT molecular complexity index is 1020. The van der Waals surface area contributed by atoms with Crippen molar-refractivity contribution in [2.45, 2.75) is 60.3 Å². The average Bonchev–Trinajstić information content (AvgIpc) is 2.93. The molecular formula is C33H52FN5. The van der Waals surface area contributed by atoms with Gasteiger partial charge >= 0.3 is 0 Å². The predicted molar refractivity (Wildman–Crippen MR) is 171 cm³/mol. The highest BCUT2D eigenvalue weighted by Gasteiger charge is 2.08. The summed E-state index contributed by atoms with van der Waals surface area (Å²) in [5, 5.41) is 6.65. The molecule has 0 aromatic heterocycles. The van der Waals surface area contributed by atoms with Crippen LogP contribution in [0.4, 0.5) is 10.1 Å². The average molecular weight is 538 g/mol. The molecule has 0 heterocycles. The van der Waals surface area contributed by atoms with Gasteiger partial charge in [0, 0.05) is 36.4 Å². The van der Waals surface area contributed by atoms with Gasteiger partial charge < -0.3 is 21.3 Å². The first kappa shape index (κ1) is 35.6. The van der Waals surface area contributed by atoms with Crippen molar-refractivity contribution >= 4 is 11.4 Å². The van der Waals surface area contributed by atoms with Crippen molar-refractivity contribution in [3.63, 3.8) is 0 Å². The third-order valence-electron chi connectivity index (χ3n) is 5.84. The van der Waals surface area contributed by atoms with E-state index >= 15 is 0 Å². The van der Waals surface area contributed by atoms with Crippen molar-refractivity contribution in [1.29, 1.82) is 0 Å². The van der Waals surface area contributed by atoms with E-state index < -0.39 is 0 Å². The van der Waals surface area contributed by atoms with Crippen molar-refractivity contribution in [3.8, 4) is 0 Å². The van der Waals surface area contributed by atoms with Crippen LogP contribution in [0, 0.1) is 5.82 Å². The molecule has 0 saturated heterocycles. The molecule has 39 heavy (non-hydrogen) atoms. The second-order valence-electron chi connectivity index (χ2n) is 9.18. The standard InChI is InChI=1S/C26H34FN3.C5H13N.C2H5N/c1-7-21-12-13-24(27)16-22(21)14-15-30(6)20(5)18-28-25-11-9-10-23(17-25)26(8-2)29-19(3)4;1-3-5-6-4-2;1-2-3/h9-13,16-17,28H,3,5,7-8,14-15,18H2,1-2,4,6H3;6H,3-5H2,1-2H3;2H,1,3H2. The van der Waals surface area contributed by atoms with Gasteiger partial charge in [0.15, 0.2) is 0 Å². The zero-order valence-electron chi connectivity index (χ0n) is 25.2. The molecule has 0 fully saturated rings. The highest BCUT2D eigenvalue weighted by Crippen LogP contribution is 2.16. The van der Waals surface area contributed by atoms with E-state index in [9.17, 15) is 4.39 Å². The summed E-state index contributed by atoms with van der Waals surface area (Å²) in [6, 6.07) is 13.3. The number of hydrogen-bond donors (Lipinski definition) is 3. The lowest BCUT2D eigenvalue weighted by molar-refractivity contribution is 0.419. The van der Waals surface area contributed by atoms with Gasteiger partial charge in [-0.15, -0.1) is 0 Å². The Balaban J connectivity index is 0.00000139. The Morgan fingerprint density at radius 3 is 2.31 bits per heavy atom. The molecule has 2 aromatic carbocycles. The number of halogens is 1. The van der Waals surface area contributed by atoms with Gasteiger partial charge in [-0.25, -0.2) is 4.39 Å². The van der Waals surface area contributed by atoms with Gasteiger partial charge in [0.05, 0.1) is 6.54 Å². The molecule has 0 atom stereocenters.